The fourth-order valence-corrected chi connectivity index (χ4v) is 2.74. The largest absolute Gasteiger partial charge is 0.488 e. The molecule has 3 heteroatoms. The van der Waals surface area contributed by atoms with Crippen molar-refractivity contribution in [2.45, 2.75) is 32.4 Å². The molecule has 1 aromatic carbocycles. The summed E-state index contributed by atoms with van der Waals surface area (Å²) in [6, 6.07) is 4.49. The summed E-state index contributed by atoms with van der Waals surface area (Å²) >= 11 is 3.60. The van der Waals surface area contributed by atoms with Crippen molar-refractivity contribution in [3.8, 4) is 5.75 Å². The van der Waals surface area contributed by atoms with E-state index in [1.165, 1.54) is 11.1 Å². The predicted molar refractivity (Wildman–Crippen MR) is 65.4 cm³/mol. The average molecular weight is 270 g/mol. The number of likely N-dealkylation sites (N-methyl/N-ethyl adjacent to an activating group) is 1. The number of rotatable bonds is 2. The van der Waals surface area contributed by atoms with Gasteiger partial charge in [0.05, 0.1) is 6.04 Å². The van der Waals surface area contributed by atoms with Crippen molar-refractivity contribution in [1.29, 1.82) is 0 Å². The van der Waals surface area contributed by atoms with Gasteiger partial charge < -0.3 is 10.1 Å². The second kappa shape index (κ2) is 4.14. The van der Waals surface area contributed by atoms with Crippen LogP contribution < -0.4 is 10.1 Å². The maximum absolute atomic E-state index is 5.98. The van der Waals surface area contributed by atoms with Crippen LogP contribution in [-0.2, 0) is 0 Å². The Balaban J connectivity index is 2.51. The zero-order valence-corrected chi connectivity index (χ0v) is 10.9. The van der Waals surface area contributed by atoms with E-state index in [1.54, 1.807) is 0 Å². The molecule has 1 aromatic rings. The number of ether oxygens (including phenoxy) is 1. The summed E-state index contributed by atoms with van der Waals surface area (Å²) in [6.45, 7) is 4.25. The number of nitrogens with one attached hydrogen (secondary N) is 1. The minimum atomic E-state index is 0.252. The molecular formula is C12H16BrNO. The molecular weight excluding hydrogens is 254 g/mol. The highest BCUT2D eigenvalue weighted by atomic mass is 79.9. The van der Waals surface area contributed by atoms with Gasteiger partial charge in [-0.15, -0.1) is 0 Å². The van der Waals surface area contributed by atoms with Crippen LogP contribution in [0.25, 0.3) is 0 Å². The van der Waals surface area contributed by atoms with Crippen LogP contribution in [0.3, 0.4) is 0 Å². The van der Waals surface area contributed by atoms with Gasteiger partial charge in [0.15, 0.2) is 0 Å². The van der Waals surface area contributed by atoms with Crippen molar-refractivity contribution in [2.24, 2.45) is 0 Å². The summed E-state index contributed by atoms with van der Waals surface area (Å²) < 4.78 is 7.12. The lowest BCUT2D eigenvalue weighted by atomic mass is 10.0. The maximum atomic E-state index is 5.98. The summed E-state index contributed by atoms with van der Waals surface area (Å²) in [4.78, 5) is 0. The molecule has 0 radical (unpaired) electrons. The highest BCUT2D eigenvalue weighted by Crippen LogP contribution is 2.43. The van der Waals surface area contributed by atoms with Crippen LogP contribution >= 0.6 is 15.9 Å². The van der Waals surface area contributed by atoms with Crippen molar-refractivity contribution in [2.75, 3.05) is 7.05 Å². The fraction of sp³-hybridized carbons (Fsp3) is 0.500. The van der Waals surface area contributed by atoms with E-state index in [1.807, 2.05) is 7.05 Å². The average Bonchev–Trinajstić information content (AvgIpc) is 2.63. The molecule has 1 aliphatic heterocycles. The Morgan fingerprint density at radius 2 is 2.20 bits per heavy atom. The Bertz CT molecular complexity index is 378. The van der Waals surface area contributed by atoms with Crippen molar-refractivity contribution < 1.29 is 4.74 Å². The Kier molecular flexibility index (Phi) is 3.03. The molecule has 0 saturated heterocycles. The molecule has 0 aromatic heterocycles. The molecule has 15 heavy (non-hydrogen) atoms. The van der Waals surface area contributed by atoms with E-state index in [9.17, 15) is 0 Å². The van der Waals surface area contributed by atoms with Gasteiger partial charge in [0.2, 0.25) is 0 Å². The topological polar surface area (TPSA) is 21.3 Å². The van der Waals surface area contributed by atoms with Crippen LogP contribution in [0.5, 0.6) is 5.75 Å². The molecule has 0 bridgehead atoms. The van der Waals surface area contributed by atoms with Gasteiger partial charge in [-0.3, -0.25) is 0 Å². The van der Waals surface area contributed by atoms with Gasteiger partial charge in [0.1, 0.15) is 11.9 Å². The second-order valence-electron chi connectivity index (χ2n) is 3.94. The summed E-state index contributed by atoms with van der Waals surface area (Å²) in [7, 11) is 1.99. The zero-order valence-electron chi connectivity index (χ0n) is 9.30. The minimum absolute atomic E-state index is 0.252. The monoisotopic (exact) mass is 269 g/mol. The van der Waals surface area contributed by atoms with E-state index in [2.05, 4.69) is 47.2 Å². The van der Waals surface area contributed by atoms with Crippen LogP contribution in [0.1, 0.15) is 30.5 Å². The first-order valence-electron chi connectivity index (χ1n) is 5.32. The summed E-state index contributed by atoms with van der Waals surface area (Å²) in [6.07, 6.45) is 1.27. The zero-order chi connectivity index (χ0) is 11.0. The minimum Gasteiger partial charge on any atom is -0.488 e. The van der Waals surface area contributed by atoms with E-state index in [0.717, 1.165) is 16.6 Å². The van der Waals surface area contributed by atoms with Crippen molar-refractivity contribution >= 4 is 15.9 Å². The first-order chi connectivity index (χ1) is 7.19. The summed E-state index contributed by atoms with van der Waals surface area (Å²) in [5.41, 5.74) is 2.48. The number of hydrogen-bond donors (Lipinski definition) is 1. The fourth-order valence-electron chi connectivity index (χ4n) is 2.19. The SMILES string of the molecule is CCC1Oc2c(C)ccc(Br)c2C1NC. The Morgan fingerprint density at radius 1 is 1.47 bits per heavy atom. The standard InChI is InChI=1S/C12H16BrNO/c1-4-9-11(14-3)10-8(13)6-5-7(2)12(10)15-9/h5-6,9,11,14H,4H2,1-3H3. The van der Waals surface area contributed by atoms with E-state index in [0.29, 0.717) is 6.04 Å². The summed E-state index contributed by atoms with van der Waals surface area (Å²) in [5.74, 6) is 1.05. The number of hydrogen-bond acceptors (Lipinski definition) is 2. The van der Waals surface area contributed by atoms with Gasteiger partial charge in [-0.1, -0.05) is 28.9 Å². The highest BCUT2D eigenvalue weighted by Gasteiger charge is 2.34. The quantitative estimate of drug-likeness (QED) is 0.891. The van der Waals surface area contributed by atoms with E-state index in [-0.39, 0.29) is 6.10 Å². The van der Waals surface area contributed by atoms with Crippen molar-refractivity contribution in [3.63, 3.8) is 0 Å². The molecule has 1 N–H and O–H groups in total. The predicted octanol–water partition coefficient (Wildman–Crippen LogP) is 3.19. The Morgan fingerprint density at radius 3 is 2.80 bits per heavy atom. The second-order valence-corrected chi connectivity index (χ2v) is 4.79. The van der Waals surface area contributed by atoms with Crippen molar-refractivity contribution in [1.82, 2.24) is 5.32 Å². The molecule has 0 spiro atoms. The highest BCUT2D eigenvalue weighted by molar-refractivity contribution is 9.10. The van der Waals surface area contributed by atoms with Crippen LogP contribution in [0.4, 0.5) is 0 Å². The molecule has 2 nitrogen and oxygen atoms in total. The summed E-state index contributed by atoms with van der Waals surface area (Å²) in [5, 5.41) is 3.33. The van der Waals surface area contributed by atoms with Crippen molar-refractivity contribution in [3.05, 3.63) is 27.7 Å². The molecule has 2 atom stereocenters. The van der Waals surface area contributed by atoms with Crippen LogP contribution in [0, 0.1) is 6.92 Å². The molecule has 2 unspecified atom stereocenters. The first kappa shape index (κ1) is 11.0. The molecule has 0 saturated carbocycles. The lowest BCUT2D eigenvalue weighted by Crippen LogP contribution is -2.27. The molecule has 0 aliphatic carbocycles. The van der Waals surface area contributed by atoms with Gasteiger partial charge in [-0.2, -0.15) is 0 Å². The van der Waals surface area contributed by atoms with Gasteiger partial charge in [0.25, 0.3) is 0 Å². The van der Waals surface area contributed by atoms with Crippen LogP contribution in [0.15, 0.2) is 16.6 Å². The Labute approximate surface area is 99.1 Å². The van der Waals surface area contributed by atoms with E-state index < -0.39 is 0 Å². The first-order valence-corrected chi connectivity index (χ1v) is 6.11. The number of benzene rings is 1. The lowest BCUT2D eigenvalue weighted by Gasteiger charge is -2.16. The van der Waals surface area contributed by atoms with Crippen LogP contribution in [-0.4, -0.2) is 13.2 Å². The molecule has 82 valence electrons. The number of fused-ring (bicyclic) bond motifs is 1. The van der Waals surface area contributed by atoms with Gasteiger partial charge in [-0.05, 0) is 32.0 Å². The lowest BCUT2D eigenvalue weighted by molar-refractivity contribution is 0.188. The van der Waals surface area contributed by atoms with Crippen LogP contribution in [0.2, 0.25) is 0 Å². The van der Waals surface area contributed by atoms with E-state index >= 15 is 0 Å². The van der Waals surface area contributed by atoms with E-state index in [4.69, 9.17) is 4.74 Å². The molecule has 2 rings (SSSR count). The number of halogens is 1. The molecule has 1 heterocycles. The molecule has 0 amide bonds. The van der Waals surface area contributed by atoms with Gasteiger partial charge in [0, 0.05) is 10.0 Å². The third kappa shape index (κ3) is 1.68. The molecule has 0 fully saturated rings. The smallest absolute Gasteiger partial charge is 0.128 e. The third-order valence-corrected chi connectivity index (χ3v) is 3.70. The maximum Gasteiger partial charge on any atom is 0.128 e. The molecule has 1 aliphatic rings. The van der Waals surface area contributed by atoms with Gasteiger partial charge in [-0.25, -0.2) is 0 Å². The Hall–Kier alpha value is -0.540. The normalized spacial score (nSPS) is 23.7. The van der Waals surface area contributed by atoms with Gasteiger partial charge >= 0.3 is 0 Å². The number of aryl methyl sites for hydroxylation is 1. The third-order valence-electron chi connectivity index (χ3n) is 3.01.